The molecule has 1 aromatic heterocycles. The lowest BCUT2D eigenvalue weighted by Crippen LogP contribution is -2.58. The van der Waals surface area contributed by atoms with Gasteiger partial charge in [-0.05, 0) is 36.6 Å². The van der Waals surface area contributed by atoms with Crippen LogP contribution in [0, 0.1) is 6.92 Å². The van der Waals surface area contributed by atoms with Gasteiger partial charge in [0, 0.05) is 18.5 Å². The molecule has 0 bridgehead atoms. The molecule has 1 aliphatic heterocycles. The number of aromatic nitrogens is 2. The Hall–Kier alpha value is -2.71. The monoisotopic (exact) mass is 384 g/mol. The van der Waals surface area contributed by atoms with E-state index in [0.29, 0.717) is 25.0 Å². The third-order valence-electron chi connectivity index (χ3n) is 4.83. The summed E-state index contributed by atoms with van der Waals surface area (Å²) in [6.07, 6.45) is 2.11. The number of carbonyl (C=O) groups excluding carboxylic acids is 1. The van der Waals surface area contributed by atoms with Crippen molar-refractivity contribution in [2.24, 2.45) is 0 Å². The van der Waals surface area contributed by atoms with Crippen LogP contribution < -0.4 is 5.32 Å². The Kier molecular flexibility index (Phi) is 4.45. The highest BCUT2D eigenvalue weighted by atomic mass is 32.2. The zero-order valence-electron chi connectivity index (χ0n) is 14.8. The highest BCUT2D eigenvalue weighted by molar-refractivity contribution is 7.89. The van der Waals surface area contributed by atoms with Crippen LogP contribution >= 0.6 is 0 Å². The number of aromatic amines is 1. The van der Waals surface area contributed by atoms with Crippen LogP contribution in [0.2, 0.25) is 0 Å². The van der Waals surface area contributed by atoms with Crippen molar-refractivity contribution in [3.8, 4) is 0 Å². The molecule has 1 saturated heterocycles. The minimum absolute atomic E-state index is 0.163. The number of H-pyrrole nitrogens is 1. The molecule has 2 aromatic carbocycles. The van der Waals surface area contributed by atoms with Crippen LogP contribution in [-0.2, 0) is 21.4 Å². The van der Waals surface area contributed by atoms with Crippen LogP contribution in [0.1, 0.15) is 17.5 Å². The zero-order valence-corrected chi connectivity index (χ0v) is 15.7. The molecule has 1 amide bonds. The third kappa shape index (κ3) is 3.22. The number of fused-ring (bicyclic) bond motifs is 1. The summed E-state index contributed by atoms with van der Waals surface area (Å²) in [5.41, 5.74) is 2.27. The van der Waals surface area contributed by atoms with Crippen molar-refractivity contribution < 1.29 is 13.2 Å². The molecular weight excluding hydrogens is 364 g/mol. The predicted molar refractivity (Wildman–Crippen MR) is 101 cm³/mol. The largest absolute Gasteiger partial charge is 0.351 e. The molecule has 140 valence electrons. The van der Waals surface area contributed by atoms with E-state index in [1.165, 1.54) is 4.31 Å². The molecule has 8 heteroatoms. The van der Waals surface area contributed by atoms with E-state index in [1.54, 1.807) is 12.3 Å². The van der Waals surface area contributed by atoms with Gasteiger partial charge in [0.05, 0.1) is 11.7 Å². The molecule has 2 N–H and O–H groups in total. The lowest BCUT2D eigenvalue weighted by molar-refractivity contribution is -0.127. The molecule has 4 rings (SSSR count). The molecule has 1 aliphatic rings. The summed E-state index contributed by atoms with van der Waals surface area (Å²) >= 11 is 0. The second-order valence-electron chi connectivity index (χ2n) is 6.72. The quantitative estimate of drug-likeness (QED) is 0.703. The lowest BCUT2D eigenvalue weighted by Gasteiger charge is -2.38. The molecule has 7 nitrogen and oxygen atoms in total. The third-order valence-corrected chi connectivity index (χ3v) is 6.76. The van der Waals surface area contributed by atoms with E-state index < -0.39 is 16.1 Å². The van der Waals surface area contributed by atoms with Gasteiger partial charge in [-0.25, -0.2) is 8.42 Å². The van der Waals surface area contributed by atoms with Crippen LogP contribution in [-0.4, -0.2) is 41.4 Å². The number of hydrogen-bond acceptors (Lipinski definition) is 4. The lowest BCUT2D eigenvalue weighted by atomic mass is 10.1. The average Bonchev–Trinajstić information content (AvgIpc) is 3.07. The van der Waals surface area contributed by atoms with E-state index in [9.17, 15) is 13.2 Å². The summed E-state index contributed by atoms with van der Waals surface area (Å²) in [4.78, 5) is 12.7. The molecule has 0 spiro atoms. The average molecular weight is 384 g/mol. The number of nitrogens with one attached hydrogen (secondary N) is 2. The number of sulfonamides is 1. The van der Waals surface area contributed by atoms with Crippen molar-refractivity contribution in [2.45, 2.75) is 30.8 Å². The number of nitrogens with zero attached hydrogens (tertiary/aromatic N) is 2. The van der Waals surface area contributed by atoms with E-state index in [2.05, 4.69) is 15.5 Å². The molecule has 1 unspecified atom stereocenters. The summed E-state index contributed by atoms with van der Waals surface area (Å²) in [6, 6.07) is 12.3. The minimum Gasteiger partial charge on any atom is -0.351 e. The van der Waals surface area contributed by atoms with Crippen LogP contribution in [0.25, 0.3) is 10.9 Å². The van der Waals surface area contributed by atoms with E-state index >= 15 is 0 Å². The van der Waals surface area contributed by atoms with Gasteiger partial charge in [0.25, 0.3) is 0 Å². The Morgan fingerprint density at radius 3 is 2.78 bits per heavy atom. The molecule has 27 heavy (non-hydrogen) atoms. The molecule has 0 radical (unpaired) electrons. The second-order valence-corrected chi connectivity index (χ2v) is 8.58. The molecular formula is C19H20N4O3S. The molecule has 0 saturated carbocycles. The van der Waals surface area contributed by atoms with Gasteiger partial charge in [0.1, 0.15) is 10.9 Å². The van der Waals surface area contributed by atoms with E-state index in [4.69, 9.17) is 0 Å². The maximum Gasteiger partial charge on any atom is 0.245 e. The summed E-state index contributed by atoms with van der Waals surface area (Å²) in [5.74, 6) is -0.276. The fraction of sp³-hybridized carbons (Fsp3) is 0.263. The maximum atomic E-state index is 13.2. The topological polar surface area (TPSA) is 95.2 Å². The first kappa shape index (κ1) is 17.7. The summed E-state index contributed by atoms with van der Waals surface area (Å²) < 4.78 is 27.6. The number of rotatable bonds is 5. The highest BCUT2D eigenvalue weighted by Gasteiger charge is 2.43. The van der Waals surface area contributed by atoms with Gasteiger partial charge in [-0.1, -0.05) is 30.3 Å². The van der Waals surface area contributed by atoms with Crippen LogP contribution in [0.4, 0.5) is 0 Å². The molecule has 1 atom stereocenters. The van der Waals surface area contributed by atoms with E-state index in [0.717, 1.165) is 16.5 Å². The van der Waals surface area contributed by atoms with Gasteiger partial charge >= 0.3 is 0 Å². The van der Waals surface area contributed by atoms with Gasteiger partial charge in [0.15, 0.2) is 0 Å². The molecule has 0 aliphatic carbocycles. The van der Waals surface area contributed by atoms with Crippen molar-refractivity contribution in [1.29, 1.82) is 0 Å². The molecule has 2 heterocycles. The van der Waals surface area contributed by atoms with Gasteiger partial charge in [-0.3, -0.25) is 9.89 Å². The van der Waals surface area contributed by atoms with Crippen molar-refractivity contribution in [2.75, 3.05) is 6.54 Å². The Balaban J connectivity index is 1.55. The minimum atomic E-state index is -3.80. The standard InChI is InChI=1S/C19H20N4O3S/c1-13-9-15-12-21-22-18(15)17(10-13)27(25,26)23-8-7-16(23)19(24)20-11-14-5-3-2-4-6-14/h2-6,9-10,12,16H,7-8,11H2,1H3,(H,20,24)(H,21,22). The summed E-state index contributed by atoms with van der Waals surface area (Å²) in [5, 5.41) is 10.3. The number of hydrogen-bond donors (Lipinski definition) is 2. The Morgan fingerprint density at radius 2 is 2.07 bits per heavy atom. The Labute approximate surface area is 157 Å². The van der Waals surface area contributed by atoms with Crippen LogP contribution in [0.5, 0.6) is 0 Å². The fourth-order valence-corrected chi connectivity index (χ4v) is 5.20. The van der Waals surface area contributed by atoms with Gasteiger partial charge in [0.2, 0.25) is 15.9 Å². The maximum absolute atomic E-state index is 13.2. The summed E-state index contributed by atoms with van der Waals surface area (Å²) in [7, 11) is -3.80. The zero-order chi connectivity index (χ0) is 19.0. The molecule has 1 fully saturated rings. The normalized spacial score (nSPS) is 17.6. The van der Waals surface area contributed by atoms with Gasteiger partial charge < -0.3 is 5.32 Å². The van der Waals surface area contributed by atoms with Crippen LogP contribution in [0.15, 0.2) is 53.6 Å². The van der Waals surface area contributed by atoms with Crippen molar-refractivity contribution in [3.63, 3.8) is 0 Å². The van der Waals surface area contributed by atoms with Crippen molar-refractivity contribution in [1.82, 2.24) is 19.8 Å². The summed E-state index contributed by atoms with van der Waals surface area (Å²) in [6.45, 7) is 2.54. The first-order valence-electron chi connectivity index (χ1n) is 8.74. The molecule has 3 aromatic rings. The van der Waals surface area contributed by atoms with Crippen LogP contribution in [0.3, 0.4) is 0 Å². The number of benzene rings is 2. The predicted octanol–water partition coefficient (Wildman–Crippen LogP) is 1.95. The fourth-order valence-electron chi connectivity index (χ4n) is 3.31. The number of carbonyl (C=O) groups is 1. The second kappa shape index (κ2) is 6.79. The number of amides is 1. The first-order chi connectivity index (χ1) is 13.0. The van der Waals surface area contributed by atoms with E-state index in [1.807, 2.05) is 43.3 Å². The first-order valence-corrected chi connectivity index (χ1v) is 10.2. The SMILES string of the molecule is Cc1cc(S(=O)(=O)N2CCC2C(=O)NCc2ccccc2)c2[nH]ncc2c1. The van der Waals surface area contributed by atoms with Gasteiger partial charge in [-0.2, -0.15) is 9.40 Å². The Bertz CT molecular complexity index is 1090. The van der Waals surface area contributed by atoms with E-state index in [-0.39, 0.29) is 10.8 Å². The number of aryl methyl sites for hydroxylation is 1. The van der Waals surface area contributed by atoms with Gasteiger partial charge in [-0.15, -0.1) is 0 Å². The smallest absolute Gasteiger partial charge is 0.245 e. The Morgan fingerprint density at radius 1 is 1.30 bits per heavy atom. The van der Waals surface area contributed by atoms with Crippen molar-refractivity contribution >= 4 is 26.8 Å². The van der Waals surface area contributed by atoms with Crippen molar-refractivity contribution in [3.05, 3.63) is 59.8 Å². The highest BCUT2D eigenvalue weighted by Crippen LogP contribution is 2.31.